The molecule has 0 aliphatic heterocycles. The Morgan fingerprint density at radius 3 is 2.60 bits per heavy atom. The number of fused-ring (bicyclic) bond motifs is 2. The van der Waals surface area contributed by atoms with E-state index in [0.29, 0.717) is 16.9 Å². The van der Waals surface area contributed by atoms with Gasteiger partial charge in [-0.05, 0) is 42.1 Å². The molecule has 0 amide bonds. The summed E-state index contributed by atoms with van der Waals surface area (Å²) in [5.74, 6) is 1.88. The summed E-state index contributed by atoms with van der Waals surface area (Å²) < 4.78 is 5.45. The topological polar surface area (TPSA) is 21.3 Å². The largest absolute Gasteiger partial charge is 0.496 e. The summed E-state index contributed by atoms with van der Waals surface area (Å²) in [5.41, 5.74) is 2.18. The summed E-state index contributed by atoms with van der Waals surface area (Å²) in [4.78, 5) is 0. The Labute approximate surface area is 122 Å². The molecule has 3 atom stereocenters. The third-order valence-corrected chi connectivity index (χ3v) is 6.53. The van der Waals surface area contributed by atoms with Gasteiger partial charge in [-0.2, -0.15) is 0 Å². The maximum absolute atomic E-state index is 5.45. The standard InChI is InChI=1S/C18H27NO/c1-17(2)14-9-10-18(17,3)16(11-14)19-12-13-7-5-6-8-15(13)20-4/h5-8,14,16,19H,9-12H2,1-4H3/t14-,16+,18-/m1/s1. The predicted octanol–water partition coefficient (Wildman–Crippen LogP) is 4.00. The molecule has 3 rings (SSSR count). The smallest absolute Gasteiger partial charge is 0.123 e. The van der Waals surface area contributed by atoms with Gasteiger partial charge in [-0.1, -0.05) is 39.0 Å². The fourth-order valence-electron chi connectivity index (χ4n) is 4.59. The van der Waals surface area contributed by atoms with Crippen molar-refractivity contribution in [1.82, 2.24) is 5.32 Å². The van der Waals surface area contributed by atoms with Gasteiger partial charge in [0.1, 0.15) is 5.75 Å². The Morgan fingerprint density at radius 2 is 2.00 bits per heavy atom. The number of nitrogens with one attached hydrogen (secondary N) is 1. The molecule has 1 aromatic carbocycles. The Balaban J connectivity index is 1.71. The van der Waals surface area contributed by atoms with Crippen LogP contribution in [-0.4, -0.2) is 13.2 Å². The summed E-state index contributed by atoms with van der Waals surface area (Å²) >= 11 is 0. The molecule has 110 valence electrons. The highest BCUT2D eigenvalue weighted by Gasteiger charge is 2.60. The lowest BCUT2D eigenvalue weighted by Gasteiger charge is -2.39. The highest BCUT2D eigenvalue weighted by atomic mass is 16.5. The molecule has 2 heteroatoms. The molecular weight excluding hydrogens is 246 g/mol. The van der Waals surface area contributed by atoms with Crippen LogP contribution in [-0.2, 0) is 6.54 Å². The highest BCUT2D eigenvalue weighted by molar-refractivity contribution is 5.33. The molecule has 2 aliphatic rings. The van der Waals surface area contributed by atoms with Crippen molar-refractivity contribution >= 4 is 0 Å². The number of para-hydroxylation sites is 1. The number of methoxy groups -OCH3 is 1. The summed E-state index contributed by atoms with van der Waals surface area (Å²) in [7, 11) is 1.75. The molecule has 2 fully saturated rings. The third-order valence-electron chi connectivity index (χ3n) is 6.53. The minimum Gasteiger partial charge on any atom is -0.496 e. The van der Waals surface area contributed by atoms with Crippen LogP contribution >= 0.6 is 0 Å². The van der Waals surface area contributed by atoms with E-state index in [9.17, 15) is 0 Å². The highest BCUT2D eigenvalue weighted by Crippen LogP contribution is 2.65. The van der Waals surface area contributed by atoms with Crippen LogP contribution in [0, 0.1) is 16.7 Å². The third kappa shape index (κ3) is 1.88. The quantitative estimate of drug-likeness (QED) is 0.895. The van der Waals surface area contributed by atoms with Gasteiger partial charge >= 0.3 is 0 Å². The van der Waals surface area contributed by atoms with Crippen LogP contribution in [0.15, 0.2) is 24.3 Å². The van der Waals surface area contributed by atoms with Gasteiger partial charge in [-0.3, -0.25) is 0 Å². The lowest BCUT2D eigenvalue weighted by atomic mass is 9.69. The van der Waals surface area contributed by atoms with E-state index in [0.717, 1.165) is 18.2 Å². The molecule has 0 heterocycles. The van der Waals surface area contributed by atoms with Crippen molar-refractivity contribution in [2.75, 3.05) is 7.11 Å². The Bertz CT molecular complexity index is 496. The number of rotatable bonds is 4. The van der Waals surface area contributed by atoms with Gasteiger partial charge in [0.25, 0.3) is 0 Å². The van der Waals surface area contributed by atoms with Crippen molar-refractivity contribution in [1.29, 1.82) is 0 Å². The van der Waals surface area contributed by atoms with Gasteiger partial charge in [-0.15, -0.1) is 0 Å². The molecule has 0 saturated heterocycles. The maximum Gasteiger partial charge on any atom is 0.123 e. The second kappa shape index (κ2) is 4.77. The van der Waals surface area contributed by atoms with E-state index in [2.05, 4.69) is 38.2 Å². The zero-order valence-corrected chi connectivity index (χ0v) is 13.2. The van der Waals surface area contributed by atoms with Crippen LogP contribution in [0.4, 0.5) is 0 Å². The monoisotopic (exact) mass is 273 g/mol. The van der Waals surface area contributed by atoms with E-state index >= 15 is 0 Å². The first kappa shape index (κ1) is 13.9. The van der Waals surface area contributed by atoms with E-state index in [-0.39, 0.29) is 0 Å². The summed E-state index contributed by atoms with van der Waals surface area (Å²) in [6, 6.07) is 8.97. The van der Waals surface area contributed by atoms with E-state index in [4.69, 9.17) is 4.74 Å². The average Bonchev–Trinajstić information content (AvgIpc) is 2.78. The van der Waals surface area contributed by atoms with Crippen molar-refractivity contribution in [3.63, 3.8) is 0 Å². The minimum atomic E-state index is 0.444. The van der Waals surface area contributed by atoms with Crippen LogP contribution in [0.3, 0.4) is 0 Å². The molecule has 20 heavy (non-hydrogen) atoms. The number of hydrogen-bond donors (Lipinski definition) is 1. The second-order valence-corrected chi connectivity index (χ2v) is 7.36. The molecule has 2 nitrogen and oxygen atoms in total. The van der Waals surface area contributed by atoms with Crippen molar-refractivity contribution in [3.05, 3.63) is 29.8 Å². The van der Waals surface area contributed by atoms with Crippen LogP contribution < -0.4 is 10.1 Å². The van der Waals surface area contributed by atoms with Gasteiger partial charge in [0.2, 0.25) is 0 Å². The first-order valence-corrected chi connectivity index (χ1v) is 7.84. The van der Waals surface area contributed by atoms with Crippen molar-refractivity contribution in [2.45, 2.75) is 52.6 Å². The maximum atomic E-state index is 5.45. The van der Waals surface area contributed by atoms with E-state index in [1.165, 1.54) is 24.8 Å². The lowest BCUT2D eigenvalue weighted by molar-refractivity contribution is 0.120. The number of hydrogen-bond acceptors (Lipinski definition) is 2. The molecule has 2 bridgehead atoms. The zero-order chi connectivity index (χ0) is 14.4. The van der Waals surface area contributed by atoms with E-state index in [1.807, 2.05) is 12.1 Å². The van der Waals surface area contributed by atoms with Gasteiger partial charge < -0.3 is 10.1 Å². The van der Waals surface area contributed by atoms with E-state index in [1.54, 1.807) is 7.11 Å². The van der Waals surface area contributed by atoms with E-state index < -0.39 is 0 Å². The first-order chi connectivity index (χ1) is 9.49. The van der Waals surface area contributed by atoms with Gasteiger partial charge in [0.15, 0.2) is 0 Å². The number of ether oxygens (including phenoxy) is 1. The first-order valence-electron chi connectivity index (χ1n) is 7.84. The van der Waals surface area contributed by atoms with Crippen LogP contribution in [0.5, 0.6) is 5.75 Å². The van der Waals surface area contributed by atoms with Crippen molar-refractivity contribution < 1.29 is 4.74 Å². The lowest BCUT2D eigenvalue weighted by Crippen LogP contribution is -2.44. The van der Waals surface area contributed by atoms with Crippen LogP contribution in [0.1, 0.15) is 45.6 Å². The molecular formula is C18H27NO. The van der Waals surface area contributed by atoms with Crippen molar-refractivity contribution in [2.24, 2.45) is 16.7 Å². The molecule has 0 unspecified atom stereocenters. The Morgan fingerprint density at radius 1 is 1.25 bits per heavy atom. The Hall–Kier alpha value is -1.02. The molecule has 0 spiro atoms. The molecule has 0 aromatic heterocycles. The SMILES string of the molecule is COc1ccccc1CN[C@H]1C[C@H]2CC[C@@]1(C)C2(C)C. The molecule has 0 radical (unpaired) electrons. The Kier molecular flexibility index (Phi) is 3.32. The zero-order valence-electron chi connectivity index (χ0n) is 13.2. The molecule has 1 N–H and O–H groups in total. The normalized spacial score (nSPS) is 34.4. The number of benzene rings is 1. The van der Waals surface area contributed by atoms with Gasteiger partial charge in [-0.25, -0.2) is 0 Å². The second-order valence-electron chi connectivity index (χ2n) is 7.36. The summed E-state index contributed by atoms with van der Waals surface area (Å²) in [6.45, 7) is 8.33. The fourth-order valence-corrected chi connectivity index (χ4v) is 4.59. The predicted molar refractivity (Wildman–Crippen MR) is 82.9 cm³/mol. The molecule has 2 aliphatic carbocycles. The van der Waals surface area contributed by atoms with Crippen LogP contribution in [0.2, 0.25) is 0 Å². The molecule has 2 saturated carbocycles. The summed E-state index contributed by atoms with van der Waals surface area (Å²) in [5, 5.41) is 3.82. The minimum absolute atomic E-state index is 0.444. The fraction of sp³-hybridized carbons (Fsp3) is 0.667. The van der Waals surface area contributed by atoms with Crippen LogP contribution in [0.25, 0.3) is 0 Å². The van der Waals surface area contributed by atoms with Gasteiger partial charge in [0.05, 0.1) is 7.11 Å². The average molecular weight is 273 g/mol. The summed E-state index contributed by atoms with van der Waals surface area (Å²) in [6.07, 6.45) is 4.11. The van der Waals surface area contributed by atoms with Crippen molar-refractivity contribution in [3.8, 4) is 5.75 Å². The van der Waals surface area contributed by atoms with Gasteiger partial charge in [0, 0.05) is 18.2 Å². The molecule has 1 aromatic rings.